The summed E-state index contributed by atoms with van der Waals surface area (Å²) in [7, 11) is 0. The van der Waals surface area contributed by atoms with Crippen LogP contribution in [0.1, 0.15) is 12.2 Å². The number of carbonyl (C=O) groups is 1. The number of imidazole rings is 1. The number of benzene rings is 1. The molecule has 1 aliphatic rings. The highest BCUT2D eigenvalue weighted by Gasteiger charge is 2.34. The van der Waals surface area contributed by atoms with Crippen molar-refractivity contribution in [2.75, 3.05) is 25.0 Å². The van der Waals surface area contributed by atoms with Crippen molar-refractivity contribution in [1.29, 1.82) is 0 Å². The molecule has 10 heteroatoms. The van der Waals surface area contributed by atoms with Gasteiger partial charge >= 0.3 is 6.18 Å². The number of likely N-dealkylation sites (tertiary alicyclic amines) is 1. The molecule has 7 nitrogen and oxygen atoms in total. The van der Waals surface area contributed by atoms with Crippen molar-refractivity contribution < 1.29 is 22.7 Å². The minimum absolute atomic E-state index is 0.0418. The molecular weight excluding hydrogens is 387 g/mol. The first-order valence-electron chi connectivity index (χ1n) is 9.04. The second-order valence-corrected chi connectivity index (χ2v) is 6.79. The minimum Gasteiger partial charge on any atom is -0.473 e. The second kappa shape index (κ2) is 7.70. The molecule has 152 valence electrons. The standard InChI is InChI=1S/C19H18F3N5O2/c20-19(21,22)18-25-14-5-4-12(9-15(14)26-18)24-16(28)11-27-8-6-13(10-27)29-17-3-1-2-7-23-17/h1-5,7,9,13H,6,8,10-11H2,(H,24,28)(H,25,26)/t13-/m1/s1. The zero-order valence-electron chi connectivity index (χ0n) is 15.2. The number of aromatic nitrogens is 3. The number of rotatable bonds is 5. The average molecular weight is 405 g/mol. The lowest BCUT2D eigenvalue weighted by Gasteiger charge is -2.16. The van der Waals surface area contributed by atoms with Gasteiger partial charge in [0.2, 0.25) is 17.6 Å². The Bertz CT molecular complexity index is 1010. The van der Waals surface area contributed by atoms with Crippen LogP contribution in [0, 0.1) is 0 Å². The van der Waals surface area contributed by atoms with Crippen LogP contribution in [0.2, 0.25) is 0 Å². The predicted octanol–water partition coefficient (Wildman–Crippen LogP) is 3.07. The number of amides is 1. The summed E-state index contributed by atoms with van der Waals surface area (Å²) in [5.74, 6) is -0.764. The number of H-pyrrole nitrogens is 1. The van der Waals surface area contributed by atoms with Gasteiger partial charge in [-0.15, -0.1) is 0 Å². The van der Waals surface area contributed by atoms with Gasteiger partial charge in [0.15, 0.2) is 0 Å². The van der Waals surface area contributed by atoms with Crippen LogP contribution in [-0.2, 0) is 11.0 Å². The van der Waals surface area contributed by atoms with Crippen molar-refractivity contribution in [3.8, 4) is 5.88 Å². The molecule has 0 aliphatic carbocycles. The van der Waals surface area contributed by atoms with Crippen molar-refractivity contribution in [2.24, 2.45) is 0 Å². The summed E-state index contributed by atoms with van der Waals surface area (Å²) < 4.78 is 44.0. The molecule has 0 bridgehead atoms. The normalized spacial score (nSPS) is 17.6. The molecule has 1 aliphatic heterocycles. The fourth-order valence-corrected chi connectivity index (χ4v) is 3.25. The Labute approximate surface area is 163 Å². The summed E-state index contributed by atoms with van der Waals surface area (Å²) in [6.45, 7) is 1.47. The molecule has 1 atom stereocenters. The molecule has 0 spiro atoms. The van der Waals surface area contributed by atoms with E-state index in [0.717, 1.165) is 6.42 Å². The van der Waals surface area contributed by atoms with Gasteiger partial charge in [0.25, 0.3) is 0 Å². The van der Waals surface area contributed by atoms with Crippen LogP contribution in [0.15, 0.2) is 42.6 Å². The van der Waals surface area contributed by atoms with Crippen LogP contribution in [-0.4, -0.2) is 51.5 Å². The van der Waals surface area contributed by atoms with Crippen LogP contribution in [0.3, 0.4) is 0 Å². The Kier molecular flexibility index (Phi) is 5.10. The maximum atomic E-state index is 12.8. The molecule has 1 aromatic carbocycles. The molecule has 1 fully saturated rings. The first-order chi connectivity index (χ1) is 13.9. The Morgan fingerprint density at radius 2 is 2.17 bits per heavy atom. The van der Waals surface area contributed by atoms with Gasteiger partial charge in [-0.1, -0.05) is 6.07 Å². The van der Waals surface area contributed by atoms with Crippen LogP contribution < -0.4 is 10.1 Å². The molecule has 3 heterocycles. The number of alkyl halides is 3. The van der Waals surface area contributed by atoms with E-state index in [2.05, 4.69) is 20.3 Å². The van der Waals surface area contributed by atoms with Gasteiger partial charge in [0.05, 0.1) is 17.6 Å². The average Bonchev–Trinajstić information content (AvgIpc) is 3.28. The van der Waals surface area contributed by atoms with Crippen molar-refractivity contribution in [3.63, 3.8) is 0 Å². The quantitative estimate of drug-likeness (QED) is 0.682. The first kappa shape index (κ1) is 19.2. The Morgan fingerprint density at radius 1 is 1.31 bits per heavy atom. The summed E-state index contributed by atoms with van der Waals surface area (Å²) in [4.78, 5) is 24.1. The number of anilines is 1. The maximum absolute atomic E-state index is 12.8. The van der Waals surface area contributed by atoms with Crippen molar-refractivity contribution in [3.05, 3.63) is 48.4 Å². The van der Waals surface area contributed by atoms with Crippen LogP contribution in [0.4, 0.5) is 18.9 Å². The fraction of sp³-hybridized carbons (Fsp3) is 0.316. The van der Waals surface area contributed by atoms with E-state index in [4.69, 9.17) is 4.74 Å². The van der Waals surface area contributed by atoms with E-state index in [-0.39, 0.29) is 29.6 Å². The molecule has 0 unspecified atom stereocenters. The lowest BCUT2D eigenvalue weighted by Crippen LogP contribution is -2.33. The number of ether oxygens (including phenoxy) is 1. The third kappa shape index (κ3) is 4.65. The van der Waals surface area contributed by atoms with Crippen molar-refractivity contribution >= 4 is 22.6 Å². The van der Waals surface area contributed by atoms with E-state index >= 15 is 0 Å². The molecule has 0 saturated carbocycles. The van der Waals surface area contributed by atoms with Crippen LogP contribution in [0.5, 0.6) is 5.88 Å². The lowest BCUT2D eigenvalue weighted by molar-refractivity contribution is -0.144. The van der Waals surface area contributed by atoms with Gasteiger partial charge < -0.3 is 15.0 Å². The van der Waals surface area contributed by atoms with Crippen molar-refractivity contribution in [1.82, 2.24) is 19.9 Å². The minimum atomic E-state index is -4.55. The maximum Gasteiger partial charge on any atom is 0.449 e. The Morgan fingerprint density at radius 3 is 2.93 bits per heavy atom. The van der Waals surface area contributed by atoms with Gasteiger partial charge in [-0.05, 0) is 30.7 Å². The number of pyridine rings is 1. The topological polar surface area (TPSA) is 83.1 Å². The summed E-state index contributed by atoms with van der Waals surface area (Å²) in [5, 5.41) is 2.71. The van der Waals surface area contributed by atoms with Gasteiger partial charge in [-0.2, -0.15) is 13.2 Å². The highest BCUT2D eigenvalue weighted by atomic mass is 19.4. The summed E-state index contributed by atoms with van der Waals surface area (Å²) in [5.41, 5.74) is 0.796. The summed E-state index contributed by atoms with van der Waals surface area (Å²) >= 11 is 0. The highest BCUT2D eigenvalue weighted by molar-refractivity contribution is 5.94. The molecule has 2 aromatic heterocycles. The van der Waals surface area contributed by atoms with Gasteiger partial charge in [-0.3, -0.25) is 9.69 Å². The van der Waals surface area contributed by atoms with E-state index in [1.807, 2.05) is 17.0 Å². The molecule has 0 radical (unpaired) electrons. The third-order valence-electron chi connectivity index (χ3n) is 4.56. The van der Waals surface area contributed by atoms with Gasteiger partial charge in [0, 0.05) is 31.0 Å². The number of hydrogen-bond donors (Lipinski definition) is 2. The van der Waals surface area contributed by atoms with Crippen LogP contribution >= 0.6 is 0 Å². The second-order valence-electron chi connectivity index (χ2n) is 6.79. The third-order valence-corrected chi connectivity index (χ3v) is 4.56. The zero-order chi connectivity index (χ0) is 20.4. The van der Waals surface area contributed by atoms with E-state index in [0.29, 0.717) is 24.7 Å². The predicted molar refractivity (Wildman–Crippen MR) is 99.4 cm³/mol. The number of carbonyl (C=O) groups excluding carboxylic acids is 1. The molecule has 1 saturated heterocycles. The molecule has 3 aromatic rings. The summed E-state index contributed by atoms with van der Waals surface area (Å²) in [6, 6.07) is 9.83. The SMILES string of the molecule is O=C(CN1CC[C@@H](Oc2ccccn2)C1)Nc1ccc2nc(C(F)(F)F)[nH]c2c1. The lowest BCUT2D eigenvalue weighted by atomic mass is 10.2. The number of hydrogen-bond acceptors (Lipinski definition) is 5. The van der Waals surface area contributed by atoms with E-state index in [9.17, 15) is 18.0 Å². The monoisotopic (exact) mass is 405 g/mol. The number of nitrogens with zero attached hydrogens (tertiary/aromatic N) is 3. The highest BCUT2D eigenvalue weighted by Crippen LogP contribution is 2.29. The number of halogens is 3. The Balaban J connectivity index is 1.33. The molecule has 4 rings (SSSR count). The molecular formula is C19H18F3N5O2. The molecule has 2 N–H and O–H groups in total. The first-order valence-corrected chi connectivity index (χ1v) is 9.04. The smallest absolute Gasteiger partial charge is 0.449 e. The number of nitrogens with one attached hydrogen (secondary N) is 2. The van der Waals surface area contributed by atoms with E-state index < -0.39 is 12.0 Å². The number of aromatic amines is 1. The van der Waals surface area contributed by atoms with E-state index in [1.54, 1.807) is 12.3 Å². The van der Waals surface area contributed by atoms with Crippen LogP contribution in [0.25, 0.3) is 11.0 Å². The molecule has 1 amide bonds. The van der Waals surface area contributed by atoms with Crippen molar-refractivity contribution in [2.45, 2.75) is 18.7 Å². The number of fused-ring (bicyclic) bond motifs is 1. The fourth-order valence-electron chi connectivity index (χ4n) is 3.25. The molecule has 29 heavy (non-hydrogen) atoms. The van der Waals surface area contributed by atoms with Gasteiger partial charge in [-0.25, -0.2) is 9.97 Å². The Hall–Kier alpha value is -3.14. The van der Waals surface area contributed by atoms with E-state index in [1.165, 1.54) is 18.2 Å². The largest absolute Gasteiger partial charge is 0.473 e. The zero-order valence-corrected chi connectivity index (χ0v) is 15.2. The van der Waals surface area contributed by atoms with Gasteiger partial charge in [0.1, 0.15) is 6.10 Å². The summed E-state index contributed by atoms with van der Waals surface area (Å²) in [6.07, 6.45) is -2.15.